The van der Waals surface area contributed by atoms with E-state index in [1.807, 2.05) is 31.2 Å². The Morgan fingerprint density at radius 1 is 1.31 bits per heavy atom. The summed E-state index contributed by atoms with van der Waals surface area (Å²) in [5, 5.41) is 12.1. The van der Waals surface area contributed by atoms with E-state index in [1.54, 1.807) is 31.4 Å². The normalized spacial score (nSPS) is 10.5. The fourth-order valence-corrected chi connectivity index (χ4v) is 3.67. The van der Waals surface area contributed by atoms with Crippen LogP contribution in [0.1, 0.15) is 12.0 Å². The molecule has 29 heavy (non-hydrogen) atoms. The molecule has 7 nitrogen and oxygen atoms in total. The van der Waals surface area contributed by atoms with Crippen LogP contribution >= 0.6 is 11.8 Å². The zero-order valence-corrected chi connectivity index (χ0v) is 17.0. The van der Waals surface area contributed by atoms with Gasteiger partial charge in [0.2, 0.25) is 5.91 Å². The van der Waals surface area contributed by atoms with Gasteiger partial charge in [-0.2, -0.15) is 5.26 Å². The van der Waals surface area contributed by atoms with Crippen molar-refractivity contribution in [3.05, 3.63) is 58.4 Å². The number of rotatable bonds is 7. The van der Waals surface area contributed by atoms with Gasteiger partial charge in [-0.1, -0.05) is 30.0 Å². The molecule has 8 heteroatoms. The number of aryl methyl sites for hydroxylation is 1. The van der Waals surface area contributed by atoms with Crippen LogP contribution in [0.15, 0.2) is 52.4 Å². The van der Waals surface area contributed by atoms with Gasteiger partial charge in [-0.25, -0.2) is 4.98 Å². The fraction of sp³-hybridized carbons (Fsp3) is 0.238. The van der Waals surface area contributed by atoms with Crippen LogP contribution in [0, 0.1) is 18.3 Å². The Balaban J connectivity index is 2.08. The highest BCUT2D eigenvalue weighted by Crippen LogP contribution is 2.28. The Hall–Kier alpha value is -3.31. The van der Waals surface area contributed by atoms with Gasteiger partial charge in [0, 0.05) is 6.54 Å². The topological polar surface area (TPSA) is 97.0 Å². The molecule has 0 saturated carbocycles. The Bertz CT molecular complexity index is 1150. The van der Waals surface area contributed by atoms with E-state index >= 15 is 0 Å². The van der Waals surface area contributed by atoms with Gasteiger partial charge in [0.1, 0.15) is 5.75 Å². The van der Waals surface area contributed by atoms with E-state index in [0.717, 1.165) is 17.3 Å². The molecule has 0 aliphatic heterocycles. The summed E-state index contributed by atoms with van der Waals surface area (Å²) in [6.07, 6.45) is 0.246. The molecule has 0 aliphatic carbocycles. The molecule has 148 valence electrons. The van der Waals surface area contributed by atoms with E-state index < -0.39 is 0 Å². The lowest BCUT2D eigenvalue weighted by Gasteiger charge is -2.16. The van der Waals surface area contributed by atoms with Crippen LogP contribution in [0.2, 0.25) is 0 Å². The number of carbonyl (C=O) groups is 1. The molecule has 0 fully saturated rings. The first-order valence-electron chi connectivity index (χ1n) is 8.98. The summed E-state index contributed by atoms with van der Waals surface area (Å²) in [4.78, 5) is 30.0. The Kier molecular flexibility index (Phi) is 6.52. The van der Waals surface area contributed by atoms with Gasteiger partial charge in [0.15, 0.2) is 5.16 Å². The van der Waals surface area contributed by atoms with E-state index in [9.17, 15) is 9.59 Å². The van der Waals surface area contributed by atoms with Crippen LogP contribution in [-0.4, -0.2) is 34.9 Å². The highest BCUT2D eigenvalue weighted by molar-refractivity contribution is 7.99. The molecule has 0 atom stereocenters. The van der Waals surface area contributed by atoms with Crippen LogP contribution in [-0.2, 0) is 4.79 Å². The first kappa shape index (κ1) is 20.4. The number of ether oxygens (including phenoxy) is 1. The minimum absolute atomic E-state index is 0.0738. The lowest BCUT2D eigenvalue weighted by Crippen LogP contribution is -2.27. The van der Waals surface area contributed by atoms with Gasteiger partial charge in [0.25, 0.3) is 5.56 Å². The maximum atomic E-state index is 13.3. The predicted octanol–water partition coefficient (Wildman–Crippen LogP) is 2.82. The zero-order valence-electron chi connectivity index (χ0n) is 16.1. The molecule has 0 aliphatic rings. The Morgan fingerprint density at radius 2 is 2.10 bits per heavy atom. The van der Waals surface area contributed by atoms with Crippen molar-refractivity contribution in [2.45, 2.75) is 18.5 Å². The van der Waals surface area contributed by atoms with Crippen molar-refractivity contribution in [1.29, 1.82) is 5.26 Å². The average Bonchev–Trinajstić information content (AvgIpc) is 2.72. The minimum atomic E-state index is -0.230. The van der Waals surface area contributed by atoms with Crippen molar-refractivity contribution in [1.82, 2.24) is 14.9 Å². The van der Waals surface area contributed by atoms with Crippen molar-refractivity contribution in [2.24, 2.45) is 0 Å². The summed E-state index contributed by atoms with van der Waals surface area (Å²) >= 11 is 1.16. The molecule has 2 aromatic carbocycles. The SMILES string of the molecule is COc1ccc(C)cc1-n1c(SCC(=O)NCCC#N)nc2ccccc2c1=O. The number of thioether (sulfide) groups is 1. The Labute approximate surface area is 172 Å². The molecule has 0 spiro atoms. The van der Waals surface area contributed by atoms with Crippen molar-refractivity contribution in [3.8, 4) is 17.5 Å². The van der Waals surface area contributed by atoms with Gasteiger partial charge in [0.05, 0.1) is 41.9 Å². The van der Waals surface area contributed by atoms with Crippen LogP contribution < -0.4 is 15.6 Å². The first-order chi connectivity index (χ1) is 14.0. The molecule has 0 bridgehead atoms. The number of fused-ring (bicyclic) bond motifs is 1. The van der Waals surface area contributed by atoms with Crippen LogP contribution in [0.3, 0.4) is 0 Å². The first-order valence-corrected chi connectivity index (χ1v) is 9.97. The monoisotopic (exact) mass is 408 g/mol. The van der Waals surface area contributed by atoms with Crippen LogP contribution in [0.4, 0.5) is 0 Å². The van der Waals surface area contributed by atoms with E-state index in [4.69, 9.17) is 10.00 Å². The number of methoxy groups -OCH3 is 1. The van der Waals surface area contributed by atoms with Gasteiger partial charge in [-0.3, -0.25) is 14.2 Å². The van der Waals surface area contributed by atoms with Gasteiger partial charge in [-0.05, 0) is 36.8 Å². The van der Waals surface area contributed by atoms with Gasteiger partial charge in [-0.15, -0.1) is 0 Å². The van der Waals surface area contributed by atoms with Crippen molar-refractivity contribution in [3.63, 3.8) is 0 Å². The van der Waals surface area contributed by atoms with Gasteiger partial charge < -0.3 is 10.1 Å². The summed E-state index contributed by atoms with van der Waals surface area (Å²) in [7, 11) is 1.54. The summed E-state index contributed by atoms with van der Waals surface area (Å²) in [6, 6.07) is 14.6. The molecular formula is C21H20N4O3S. The average molecular weight is 408 g/mol. The summed E-state index contributed by atoms with van der Waals surface area (Å²) < 4.78 is 6.95. The largest absolute Gasteiger partial charge is 0.495 e. The maximum absolute atomic E-state index is 13.3. The van der Waals surface area contributed by atoms with Crippen LogP contribution in [0.5, 0.6) is 5.75 Å². The quantitative estimate of drug-likeness (QED) is 0.367. The third kappa shape index (κ3) is 4.58. The summed E-state index contributed by atoms with van der Waals surface area (Å²) in [6.45, 7) is 2.22. The second kappa shape index (κ2) is 9.26. The van der Waals surface area contributed by atoms with Crippen molar-refractivity contribution >= 4 is 28.6 Å². The molecule has 1 amide bonds. The smallest absolute Gasteiger partial charge is 0.266 e. The molecule has 0 saturated heterocycles. The second-order valence-electron chi connectivity index (χ2n) is 6.27. The highest BCUT2D eigenvalue weighted by Gasteiger charge is 2.17. The lowest BCUT2D eigenvalue weighted by atomic mass is 10.2. The molecule has 3 aromatic rings. The predicted molar refractivity (Wildman–Crippen MR) is 113 cm³/mol. The summed E-state index contributed by atoms with van der Waals surface area (Å²) in [5.41, 5.74) is 1.87. The van der Waals surface area contributed by atoms with Crippen molar-refractivity contribution < 1.29 is 9.53 Å². The molecule has 1 N–H and O–H groups in total. The Morgan fingerprint density at radius 3 is 2.86 bits per heavy atom. The van der Waals surface area contributed by atoms with Crippen LogP contribution in [0.25, 0.3) is 16.6 Å². The molecule has 1 aromatic heterocycles. The van der Waals surface area contributed by atoms with E-state index in [1.165, 1.54) is 4.57 Å². The minimum Gasteiger partial charge on any atom is -0.495 e. The molecule has 0 radical (unpaired) electrons. The standard InChI is InChI=1S/C21H20N4O3S/c1-14-8-9-18(28-2)17(12-14)25-20(27)15-6-3-4-7-16(15)24-21(25)29-13-19(26)23-11-5-10-22/h3-4,6-9,12H,5,11,13H2,1-2H3,(H,23,26). The third-order valence-corrected chi connectivity index (χ3v) is 5.15. The second-order valence-corrected chi connectivity index (χ2v) is 7.22. The van der Waals surface area contributed by atoms with Crippen molar-refractivity contribution in [2.75, 3.05) is 19.4 Å². The number of nitrogens with one attached hydrogen (secondary N) is 1. The third-order valence-electron chi connectivity index (χ3n) is 4.21. The lowest BCUT2D eigenvalue weighted by molar-refractivity contribution is -0.118. The van der Waals surface area contributed by atoms with E-state index in [0.29, 0.717) is 34.0 Å². The number of carbonyl (C=O) groups excluding carboxylic acids is 1. The van der Waals surface area contributed by atoms with Gasteiger partial charge >= 0.3 is 0 Å². The highest BCUT2D eigenvalue weighted by atomic mass is 32.2. The number of hydrogen-bond acceptors (Lipinski definition) is 6. The number of benzene rings is 2. The maximum Gasteiger partial charge on any atom is 0.266 e. The number of hydrogen-bond donors (Lipinski definition) is 1. The molecular weight excluding hydrogens is 388 g/mol. The fourth-order valence-electron chi connectivity index (χ4n) is 2.84. The number of para-hydroxylation sites is 1. The summed E-state index contributed by atoms with van der Waals surface area (Å²) in [5.74, 6) is 0.384. The number of nitriles is 1. The molecule has 3 rings (SSSR count). The zero-order chi connectivity index (χ0) is 20.8. The van der Waals surface area contributed by atoms with E-state index in [2.05, 4.69) is 10.3 Å². The molecule has 0 unspecified atom stereocenters. The number of aromatic nitrogens is 2. The number of amides is 1. The molecule has 1 heterocycles. The number of nitrogens with zero attached hydrogens (tertiary/aromatic N) is 3. The van der Waals surface area contributed by atoms with E-state index in [-0.39, 0.29) is 23.6 Å².